The van der Waals surface area contributed by atoms with Gasteiger partial charge in [0.15, 0.2) is 0 Å². The highest BCUT2D eigenvalue weighted by molar-refractivity contribution is 7.18. The smallest absolute Gasteiger partial charge is 0.275 e. The predicted molar refractivity (Wildman–Crippen MR) is 126 cm³/mol. The van der Waals surface area contributed by atoms with Crippen LogP contribution in [0.15, 0.2) is 41.5 Å². The van der Waals surface area contributed by atoms with Crippen LogP contribution in [0, 0.1) is 0 Å². The van der Waals surface area contributed by atoms with Gasteiger partial charge in [0.1, 0.15) is 22.9 Å². The number of fused-ring (bicyclic) bond motifs is 3. The van der Waals surface area contributed by atoms with Crippen molar-refractivity contribution in [3.05, 3.63) is 51.9 Å². The van der Waals surface area contributed by atoms with E-state index >= 15 is 0 Å². The third kappa shape index (κ3) is 4.04. The Bertz CT molecular complexity index is 1170. The van der Waals surface area contributed by atoms with Crippen LogP contribution in [0.3, 0.4) is 0 Å². The lowest BCUT2D eigenvalue weighted by Gasteiger charge is -2.36. The Kier molecular flexibility index (Phi) is 5.73. The fourth-order valence-electron chi connectivity index (χ4n) is 4.88. The largest absolute Gasteiger partial charge is 0.490 e. The molecule has 3 aromatic rings. The zero-order chi connectivity index (χ0) is 22.2. The lowest BCUT2D eigenvalue weighted by atomic mass is 10.0. The summed E-state index contributed by atoms with van der Waals surface area (Å²) < 4.78 is 8.43. The molecule has 5 rings (SSSR count). The van der Waals surface area contributed by atoms with Crippen molar-refractivity contribution >= 4 is 27.5 Å². The van der Waals surface area contributed by atoms with Crippen molar-refractivity contribution in [1.82, 2.24) is 19.8 Å². The van der Waals surface area contributed by atoms with E-state index in [1.54, 1.807) is 10.9 Å². The molecule has 3 atom stereocenters. The molecule has 7 nitrogen and oxygen atoms in total. The maximum absolute atomic E-state index is 13.1. The molecule has 2 aliphatic rings. The van der Waals surface area contributed by atoms with Crippen molar-refractivity contribution in [1.29, 1.82) is 0 Å². The van der Waals surface area contributed by atoms with Crippen LogP contribution >= 0.6 is 11.3 Å². The Morgan fingerprint density at radius 3 is 2.62 bits per heavy atom. The van der Waals surface area contributed by atoms with Crippen LogP contribution in [0.1, 0.15) is 43.9 Å². The SMILES string of the molecule is CCC(=O)NCc1cc2ncn(-c3ccc(O[C@H]4C[C@H]5CC[C@@H](C4)N5C)cc3)c(=O)c2s1. The first-order valence-electron chi connectivity index (χ1n) is 11.3. The number of carbonyl (C=O) groups is 1. The highest BCUT2D eigenvalue weighted by Crippen LogP contribution is 2.36. The molecule has 1 N–H and O–H groups in total. The fourth-order valence-corrected chi connectivity index (χ4v) is 5.86. The average molecular weight is 453 g/mol. The molecule has 0 aliphatic carbocycles. The van der Waals surface area contributed by atoms with E-state index in [1.807, 2.05) is 37.3 Å². The highest BCUT2D eigenvalue weighted by Gasteiger charge is 2.39. The molecule has 2 aromatic heterocycles. The van der Waals surface area contributed by atoms with Crippen molar-refractivity contribution in [2.24, 2.45) is 0 Å². The number of rotatable bonds is 6. The topological polar surface area (TPSA) is 76.5 Å². The number of carbonyl (C=O) groups excluding carboxylic acids is 1. The second kappa shape index (κ2) is 8.67. The standard InChI is InChI=1S/C24H28N4O3S/c1-3-22(29)25-13-20-12-21-23(32-20)24(30)28(14-26-21)15-6-8-18(9-7-15)31-19-10-16-4-5-17(11-19)27(16)2/h6-9,12,14,16-17,19H,3-5,10-11,13H2,1-2H3,(H,25,29)/t16-,17+,19+. The summed E-state index contributed by atoms with van der Waals surface area (Å²) in [5.74, 6) is 0.831. The Morgan fingerprint density at radius 1 is 1.22 bits per heavy atom. The quantitative estimate of drug-likeness (QED) is 0.620. The van der Waals surface area contributed by atoms with E-state index < -0.39 is 0 Å². The maximum atomic E-state index is 13.1. The Labute approximate surface area is 191 Å². The summed E-state index contributed by atoms with van der Waals surface area (Å²) in [4.78, 5) is 32.4. The highest BCUT2D eigenvalue weighted by atomic mass is 32.1. The molecule has 0 unspecified atom stereocenters. The van der Waals surface area contributed by atoms with E-state index in [1.165, 1.54) is 24.2 Å². The minimum absolute atomic E-state index is 0.0111. The van der Waals surface area contributed by atoms with Gasteiger partial charge in [0.05, 0.1) is 17.7 Å². The number of ether oxygens (including phenoxy) is 1. The molecule has 2 aliphatic heterocycles. The number of hydrogen-bond acceptors (Lipinski definition) is 6. The Hall–Kier alpha value is -2.71. The molecule has 2 fully saturated rings. The lowest BCUT2D eigenvalue weighted by molar-refractivity contribution is -0.120. The summed E-state index contributed by atoms with van der Waals surface area (Å²) in [6, 6.07) is 10.8. The van der Waals surface area contributed by atoms with Crippen molar-refractivity contribution in [3.63, 3.8) is 0 Å². The van der Waals surface area contributed by atoms with Crippen molar-refractivity contribution < 1.29 is 9.53 Å². The molecule has 1 amide bonds. The summed E-state index contributed by atoms with van der Waals surface area (Å²) in [6.07, 6.45) is 6.96. The van der Waals surface area contributed by atoms with Gasteiger partial charge in [-0.1, -0.05) is 6.92 Å². The average Bonchev–Trinajstić information content (AvgIpc) is 3.30. The van der Waals surface area contributed by atoms with Gasteiger partial charge in [0.25, 0.3) is 5.56 Å². The van der Waals surface area contributed by atoms with E-state index in [-0.39, 0.29) is 17.6 Å². The zero-order valence-corrected chi connectivity index (χ0v) is 19.2. The van der Waals surface area contributed by atoms with Gasteiger partial charge >= 0.3 is 0 Å². The molecule has 2 bridgehead atoms. The van der Waals surface area contributed by atoms with Crippen LogP contribution < -0.4 is 15.6 Å². The van der Waals surface area contributed by atoms with E-state index in [4.69, 9.17) is 4.74 Å². The van der Waals surface area contributed by atoms with Crippen LogP contribution in [-0.2, 0) is 11.3 Å². The predicted octanol–water partition coefficient (Wildman–Crippen LogP) is 3.48. The number of aromatic nitrogens is 2. The van der Waals surface area contributed by atoms with Gasteiger partial charge < -0.3 is 15.0 Å². The van der Waals surface area contributed by atoms with Gasteiger partial charge in [-0.25, -0.2) is 4.98 Å². The summed E-state index contributed by atoms with van der Waals surface area (Å²) in [5, 5.41) is 2.84. The molecule has 0 spiro atoms. The molecule has 2 saturated heterocycles. The molecule has 168 valence electrons. The van der Waals surface area contributed by atoms with Gasteiger partial charge in [-0.3, -0.25) is 14.2 Å². The molecule has 0 saturated carbocycles. The Morgan fingerprint density at radius 2 is 1.94 bits per heavy atom. The third-order valence-corrected chi connectivity index (χ3v) is 7.85. The van der Waals surface area contributed by atoms with Crippen LogP contribution in [-0.4, -0.2) is 45.6 Å². The number of benzene rings is 1. The minimum atomic E-state index is -0.103. The summed E-state index contributed by atoms with van der Waals surface area (Å²) in [7, 11) is 2.23. The van der Waals surface area contributed by atoms with Crippen molar-refractivity contribution in [2.45, 2.75) is 63.8 Å². The van der Waals surface area contributed by atoms with Gasteiger partial charge in [0.2, 0.25) is 5.91 Å². The van der Waals surface area contributed by atoms with Gasteiger partial charge in [-0.05, 0) is 63.1 Å². The first kappa shape index (κ1) is 21.2. The zero-order valence-electron chi connectivity index (χ0n) is 18.4. The van der Waals surface area contributed by atoms with Gasteiger partial charge in [-0.2, -0.15) is 0 Å². The number of thiophene rings is 1. The molecule has 0 radical (unpaired) electrons. The first-order chi connectivity index (χ1) is 15.5. The van der Waals surface area contributed by atoms with Crippen LogP contribution in [0.4, 0.5) is 0 Å². The number of amides is 1. The first-order valence-corrected chi connectivity index (χ1v) is 12.1. The van der Waals surface area contributed by atoms with Crippen molar-refractivity contribution in [3.8, 4) is 11.4 Å². The number of nitrogens with one attached hydrogen (secondary N) is 1. The number of piperidine rings is 1. The van der Waals surface area contributed by atoms with E-state index in [0.717, 1.165) is 29.2 Å². The monoisotopic (exact) mass is 452 g/mol. The van der Waals surface area contributed by atoms with E-state index in [9.17, 15) is 9.59 Å². The van der Waals surface area contributed by atoms with Crippen LogP contribution in [0.25, 0.3) is 15.9 Å². The number of hydrogen-bond donors (Lipinski definition) is 1. The van der Waals surface area contributed by atoms with Crippen LogP contribution in [0.2, 0.25) is 0 Å². The Balaban J connectivity index is 1.31. The molecular weight excluding hydrogens is 424 g/mol. The second-order valence-electron chi connectivity index (χ2n) is 8.73. The summed E-state index contributed by atoms with van der Waals surface area (Å²) >= 11 is 1.38. The van der Waals surface area contributed by atoms with Gasteiger partial charge in [-0.15, -0.1) is 11.3 Å². The molecular formula is C24H28N4O3S. The summed E-state index contributed by atoms with van der Waals surface area (Å²) in [5.41, 5.74) is 1.32. The fraction of sp³-hybridized carbons (Fsp3) is 0.458. The molecule has 1 aromatic carbocycles. The maximum Gasteiger partial charge on any atom is 0.275 e. The van der Waals surface area contributed by atoms with E-state index in [2.05, 4.69) is 22.2 Å². The van der Waals surface area contributed by atoms with Crippen molar-refractivity contribution in [2.75, 3.05) is 7.05 Å². The number of nitrogens with zero attached hydrogens (tertiary/aromatic N) is 3. The van der Waals surface area contributed by atoms with Gasteiger partial charge in [0, 0.05) is 23.4 Å². The normalized spacial score (nSPS) is 22.9. The lowest BCUT2D eigenvalue weighted by Crippen LogP contribution is -2.43. The summed E-state index contributed by atoms with van der Waals surface area (Å²) in [6.45, 7) is 2.23. The molecule has 32 heavy (non-hydrogen) atoms. The minimum Gasteiger partial charge on any atom is -0.490 e. The van der Waals surface area contributed by atoms with Crippen LogP contribution in [0.5, 0.6) is 5.75 Å². The third-order valence-electron chi connectivity index (χ3n) is 6.74. The van der Waals surface area contributed by atoms with E-state index in [0.29, 0.717) is 35.3 Å². The molecule has 4 heterocycles. The molecule has 8 heteroatoms. The second-order valence-corrected chi connectivity index (χ2v) is 9.87.